The lowest BCUT2D eigenvalue weighted by atomic mass is 9.98. The molecule has 1 N–H and O–H groups in total. The summed E-state index contributed by atoms with van der Waals surface area (Å²) in [5, 5.41) is 11.3. The first-order chi connectivity index (χ1) is 7.99. The van der Waals surface area contributed by atoms with Gasteiger partial charge < -0.3 is 5.11 Å². The highest BCUT2D eigenvalue weighted by atomic mass is 35.5. The predicted octanol–water partition coefficient (Wildman–Crippen LogP) is 3.00. The van der Waals surface area contributed by atoms with Crippen molar-refractivity contribution in [2.45, 2.75) is 38.8 Å². The van der Waals surface area contributed by atoms with Crippen LogP contribution in [0, 0.1) is 6.92 Å². The first-order valence-electron chi connectivity index (χ1n) is 6.21. The van der Waals surface area contributed by atoms with E-state index < -0.39 is 5.72 Å². The van der Waals surface area contributed by atoms with Crippen molar-refractivity contribution in [1.82, 2.24) is 4.90 Å². The molecule has 0 bridgehead atoms. The van der Waals surface area contributed by atoms with E-state index in [2.05, 4.69) is 11.8 Å². The van der Waals surface area contributed by atoms with Gasteiger partial charge in [0, 0.05) is 24.5 Å². The quantitative estimate of drug-likeness (QED) is 0.895. The van der Waals surface area contributed by atoms with Crippen LogP contribution >= 0.6 is 11.6 Å². The van der Waals surface area contributed by atoms with Gasteiger partial charge in [-0.1, -0.05) is 17.7 Å². The summed E-state index contributed by atoms with van der Waals surface area (Å²) >= 11 is 6.01. The van der Waals surface area contributed by atoms with E-state index in [-0.39, 0.29) is 0 Å². The minimum absolute atomic E-state index is 0.638. The van der Waals surface area contributed by atoms with Crippen molar-refractivity contribution in [3.05, 3.63) is 34.3 Å². The van der Waals surface area contributed by atoms with Crippen LogP contribution in [0.5, 0.6) is 0 Å². The first kappa shape index (κ1) is 12.9. The molecule has 1 aromatic carbocycles. The molecular weight excluding hydrogens is 234 g/mol. The van der Waals surface area contributed by atoms with Crippen molar-refractivity contribution < 1.29 is 5.11 Å². The summed E-state index contributed by atoms with van der Waals surface area (Å²) in [5.74, 6) is 0. The van der Waals surface area contributed by atoms with Crippen LogP contribution in [0.3, 0.4) is 0 Å². The number of halogens is 1. The molecule has 1 aromatic rings. The van der Waals surface area contributed by atoms with Crippen molar-refractivity contribution in [2.24, 2.45) is 0 Å². The van der Waals surface area contributed by atoms with Gasteiger partial charge in [-0.05, 0) is 49.9 Å². The molecule has 1 atom stereocenters. The van der Waals surface area contributed by atoms with Gasteiger partial charge in [0.1, 0.15) is 5.72 Å². The number of nitrogens with zero attached hydrogens (tertiary/aromatic N) is 1. The minimum atomic E-state index is -0.758. The lowest BCUT2D eigenvalue weighted by Gasteiger charge is -2.34. The molecule has 0 saturated carbocycles. The second-order valence-corrected chi connectivity index (χ2v) is 5.60. The van der Waals surface area contributed by atoms with Crippen molar-refractivity contribution in [1.29, 1.82) is 0 Å². The molecule has 2 rings (SSSR count). The number of hydrogen-bond acceptors (Lipinski definition) is 2. The van der Waals surface area contributed by atoms with Crippen LogP contribution in [-0.4, -0.2) is 28.8 Å². The zero-order valence-electron chi connectivity index (χ0n) is 10.5. The van der Waals surface area contributed by atoms with E-state index in [0.717, 1.165) is 23.7 Å². The van der Waals surface area contributed by atoms with E-state index in [0.29, 0.717) is 6.42 Å². The van der Waals surface area contributed by atoms with Crippen molar-refractivity contribution in [3.8, 4) is 0 Å². The number of aliphatic hydroxyl groups is 1. The Morgan fingerprint density at radius 2 is 2.00 bits per heavy atom. The Hall–Kier alpha value is -0.570. The third kappa shape index (κ3) is 3.01. The summed E-state index contributed by atoms with van der Waals surface area (Å²) in [6.45, 7) is 5.95. The molecule has 0 radical (unpaired) electrons. The molecule has 0 amide bonds. The van der Waals surface area contributed by atoms with Crippen LogP contribution in [0.2, 0.25) is 5.02 Å². The molecule has 17 heavy (non-hydrogen) atoms. The molecule has 1 fully saturated rings. The zero-order chi connectivity index (χ0) is 12.5. The Bertz CT molecular complexity index is 397. The van der Waals surface area contributed by atoms with E-state index in [1.807, 2.05) is 25.1 Å². The second kappa shape index (κ2) is 4.97. The fourth-order valence-electron chi connectivity index (χ4n) is 2.50. The maximum atomic E-state index is 10.6. The minimum Gasteiger partial charge on any atom is -0.376 e. The van der Waals surface area contributed by atoms with Gasteiger partial charge in [-0.15, -0.1) is 0 Å². The molecule has 1 unspecified atom stereocenters. The number of rotatable bonds is 3. The van der Waals surface area contributed by atoms with Crippen LogP contribution in [0.4, 0.5) is 0 Å². The fourth-order valence-corrected chi connectivity index (χ4v) is 2.70. The second-order valence-electron chi connectivity index (χ2n) is 5.16. The average molecular weight is 254 g/mol. The molecule has 0 spiro atoms. The SMILES string of the molecule is Cc1ccc(Cl)cc1CC(C)(O)N1CCCC1. The van der Waals surface area contributed by atoms with Gasteiger partial charge >= 0.3 is 0 Å². The number of aryl methyl sites for hydroxylation is 1. The summed E-state index contributed by atoms with van der Waals surface area (Å²) in [6.07, 6.45) is 3.01. The summed E-state index contributed by atoms with van der Waals surface area (Å²) < 4.78 is 0. The van der Waals surface area contributed by atoms with Gasteiger partial charge in [0.2, 0.25) is 0 Å². The Morgan fingerprint density at radius 3 is 2.65 bits per heavy atom. The fraction of sp³-hybridized carbons (Fsp3) is 0.571. The van der Waals surface area contributed by atoms with E-state index in [9.17, 15) is 5.11 Å². The summed E-state index contributed by atoms with van der Waals surface area (Å²) in [7, 11) is 0. The highest BCUT2D eigenvalue weighted by molar-refractivity contribution is 6.30. The topological polar surface area (TPSA) is 23.5 Å². The van der Waals surface area contributed by atoms with Crippen molar-refractivity contribution in [3.63, 3.8) is 0 Å². The maximum Gasteiger partial charge on any atom is 0.119 e. The van der Waals surface area contributed by atoms with Gasteiger partial charge in [-0.2, -0.15) is 0 Å². The predicted molar refractivity (Wildman–Crippen MR) is 71.3 cm³/mol. The van der Waals surface area contributed by atoms with Crippen molar-refractivity contribution in [2.75, 3.05) is 13.1 Å². The molecule has 3 heteroatoms. The molecule has 0 aromatic heterocycles. The summed E-state index contributed by atoms with van der Waals surface area (Å²) in [4.78, 5) is 2.16. The molecular formula is C14H20ClNO. The first-order valence-corrected chi connectivity index (χ1v) is 6.59. The van der Waals surface area contributed by atoms with Crippen LogP contribution in [0.1, 0.15) is 30.9 Å². The third-order valence-corrected chi connectivity index (χ3v) is 3.86. The molecule has 94 valence electrons. The van der Waals surface area contributed by atoms with Gasteiger partial charge in [0.25, 0.3) is 0 Å². The highest BCUT2D eigenvalue weighted by Crippen LogP contribution is 2.25. The van der Waals surface area contributed by atoms with Crippen LogP contribution in [0.25, 0.3) is 0 Å². The molecule has 1 aliphatic heterocycles. The lowest BCUT2D eigenvalue weighted by Crippen LogP contribution is -2.46. The molecule has 1 aliphatic rings. The third-order valence-electron chi connectivity index (χ3n) is 3.62. The number of likely N-dealkylation sites (tertiary alicyclic amines) is 1. The Labute approximate surface area is 108 Å². The van der Waals surface area contributed by atoms with Gasteiger partial charge in [-0.3, -0.25) is 4.90 Å². The lowest BCUT2D eigenvalue weighted by molar-refractivity contribution is -0.0806. The maximum absolute atomic E-state index is 10.6. The Kier molecular flexibility index (Phi) is 3.76. The monoisotopic (exact) mass is 253 g/mol. The Morgan fingerprint density at radius 1 is 1.35 bits per heavy atom. The standard InChI is InChI=1S/C14H20ClNO/c1-11-5-6-13(15)9-12(11)10-14(2,17)16-7-3-4-8-16/h5-6,9,17H,3-4,7-8,10H2,1-2H3. The van der Waals surface area contributed by atoms with Crippen LogP contribution in [0.15, 0.2) is 18.2 Å². The molecule has 0 aliphatic carbocycles. The smallest absolute Gasteiger partial charge is 0.119 e. The number of hydrogen-bond donors (Lipinski definition) is 1. The van der Waals surface area contributed by atoms with Crippen molar-refractivity contribution >= 4 is 11.6 Å². The molecule has 1 saturated heterocycles. The van der Waals surface area contributed by atoms with Crippen LogP contribution < -0.4 is 0 Å². The Balaban J connectivity index is 2.15. The van der Waals surface area contributed by atoms with E-state index >= 15 is 0 Å². The van der Waals surface area contributed by atoms with Gasteiger partial charge in [-0.25, -0.2) is 0 Å². The van der Waals surface area contributed by atoms with Gasteiger partial charge in [0.05, 0.1) is 0 Å². The highest BCUT2D eigenvalue weighted by Gasteiger charge is 2.31. The van der Waals surface area contributed by atoms with E-state index in [1.54, 1.807) is 0 Å². The van der Waals surface area contributed by atoms with E-state index in [1.165, 1.54) is 18.4 Å². The molecule has 1 heterocycles. The van der Waals surface area contributed by atoms with Crippen LogP contribution in [-0.2, 0) is 6.42 Å². The normalized spacial score (nSPS) is 20.5. The van der Waals surface area contributed by atoms with Gasteiger partial charge in [0.15, 0.2) is 0 Å². The zero-order valence-corrected chi connectivity index (χ0v) is 11.3. The average Bonchev–Trinajstić information content (AvgIpc) is 2.77. The molecule has 2 nitrogen and oxygen atoms in total. The summed E-state index contributed by atoms with van der Waals surface area (Å²) in [6, 6.07) is 5.87. The summed E-state index contributed by atoms with van der Waals surface area (Å²) in [5.41, 5.74) is 1.56. The largest absolute Gasteiger partial charge is 0.376 e. The van der Waals surface area contributed by atoms with E-state index in [4.69, 9.17) is 11.6 Å². The number of benzene rings is 1.